The van der Waals surface area contributed by atoms with Crippen LogP contribution in [0.3, 0.4) is 0 Å². The second kappa shape index (κ2) is 8.58. The summed E-state index contributed by atoms with van der Waals surface area (Å²) in [6.45, 7) is 0.179. The molecule has 0 aliphatic carbocycles. The van der Waals surface area contributed by atoms with Gasteiger partial charge in [0.25, 0.3) is 5.91 Å². The molecule has 0 saturated carbocycles. The van der Waals surface area contributed by atoms with E-state index in [1.165, 1.54) is 26.0 Å². The van der Waals surface area contributed by atoms with Crippen molar-refractivity contribution in [3.63, 3.8) is 0 Å². The van der Waals surface area contributed by atoms with E-state index < -0.39 is 6.04 Å². The highest BCUT2D eigenvalue weighted by Crippen LogP contribution is 2.22. The minimum Gasteiger partial charge on any atom is -0.497 e. The van der Waals surface area contributed by atoms with Gasteiger partial charge in [0, 0.05) is 30.3 Å². The number of benzene rings is 1. The van der Waals surface area contributed by atoms with Crippen molar-refractivity contribution < 1.29 is 23.9 Å². The van der Waals surface area contributed by atoms with Crippen LogP contribution in [0.4, 0.5) is 0 Å². The van der Waals surface area contributed by atoms with Gasteiger partial charge in [-0.3, -0.25) is 14.4 Å². The zero-order valence-electron chi connectivity index (χ0n) is 13.6. The molecule has 8 heteroatoms. The third kappa shape index (κ3) is 4.89. The van der Waals surface area contributed by atoms with Crippen molar-refractivity contribution in [3.8, 4) is 11.5 Å². The van der Waals surface area contributed by atoms with Crippen LogP contribution in [0, 0.1) is 0 Å². The standard InChI is InChI=1S/C16H20N2O5S/c1-22-11-7-10(8-12(9-11)23-2)15(20)17-5-3-14(19)18-13-4-6-24-16(13)21/h7-9,13H,3-6H2,1-2H3,(H,17,20)(H,18,19). The highest BCUT2D eigenvalue weighted by Gasteiger charge is 2.26. The van der Waals surface area contributed by atoms with E-state index in [1.54, 1.807) is 18.2 Å². The van der Waals surface area contributed by atoms with Crippen LogP contribution in [-0.4, -0.2) is 49.5 Å². The lowest BCUT2D eigenvalue weighted by Gasteiger charge is -2.11. The van der Waals surface area contributed by atoms with Crippen molar-refractivity contribution in [1.82, 2.24) is 10.6 Å². The highest BCUT2D eigenvalue weighted by molar-refractivity contribution is 8.14. The molecule has 2 amide bonds. The molecular formula is C16H20N2O5S. The van der Waals surface area contributed by atoms with Crippen LogP contribution in [0.25, 0.3) is 0 Å². The number of hydrogen-bond donors (Lipinski definition) is 2. The largest absolute Gasteiger partial charge is 0.497 e. The van der Waals surface area contributed by atoms with E-state index in [0.29, 0.717) is 23.5 Å². The lowest BCUT2D eigenvalue weighted by Crippen LogP contribution is -2.39. The van der Waals surface area contributed by atoms with Crippen LogP contribution in [0.1, 0.15) is 23.2 Å². The first-order valence-electron chi connectivity index (χ1n) is 7.50. The molecule has 130 valence electrons. The Hall–Kier alpha value is -2.22. The van der Waals surface area contributed by atoms with E-state index in [9.17, 15) is 14.4 Å². The predicted molar refractivity (Wildman–Crippen MR) is 90.5 cm³/mol. The monoisotopic (exact) mass is 352 g/mol. The molecule has 1 aliphatic rings. The molecule has 1 unspecified atom stereocenters. The van der Waals surface area contributed by atoms with Gasteiger partial charge in [0.05, 0.1) is 20.3 Å². The van der Waals surface area contributed by atoms with Crippen molar-refractivity contribution in [2.24, 2.45) is 0 Å². The fraction of sp³-hybridized carbons (Fsp3) is 0.438. The lowest BCUT2D eigenvalue weighted by molar-refractivity contribution is -0.124. The molecule has 2 N–H and O–H groups in total. The minimum absolute atomic E-state index is 0.00383. The molecule has 1 aliphatic heterocycles. The fourth-order valence-electron chi connectivity index (χ4n) is 2.22. The van der Waals surface area contributed by atoms with Crippen molar-refractivity contribution in [2.45, 2.75) is 18.9 Å². The molecular weight excluding hydrogens is 332 g/mol. The second-order valence-electron chi connectivity index (χ2n) is 5.18. The molecule has 1 saturated heterocycles. The first kappa shape index (κ1) is 18.1. The van der Waals surface area contributed by atoms with Gasteiger partial charge in [-0.05, 0) is 18.6 Å². The van der Waals surface area contributed by atoms with E-state index in [-0.39, 0.29) is 29.9 Å². The highest BCUT2D eigenvalue weighted by atomic mass is 32.2. The quantitative estimate of drug-likeness (QED) is 0.760. The zero-order valence-corrected chi connectivity index (χ0v) is 14.4. The summed E-state index contributed by atoms with van der Waals surface area (Å²) in [6.07, 6.45) is 0.770. The van der Waals surface area contributed by atoms with E-state index >= 15 is 0 Å². The molecule has 24 heavy (non-hydrogen) atoms. The van der Waals surface area contributed by atoms with Gasteiger partial charge in [-0.15, -0.1) is 0 Å². The Labute approximate surface area is 144 Å². The van der Waals surface area contributed by atoms with Gasteiger partial charge >= 0.3 is 0 Å². The van der Waals surface area contributed by atoms with Crippen molar-refractivity contribution in [2.75, 3.05) is 26.5 Å². The Morgan fingerprint density at radius 3 is 2.42 bits per heavy atom. The van der Waals surface area contributed by atoms with Gasteiger partial charge < -0.3 is 20.1 Å². The molecule has 0 radical (unpaired) electrons. The van der Waals surface area contributed by atoms with Gasteiger partial charge in [0.1, 0.15) is 11.5 Å². The summed E-state index contributed by atoms with van der Waals surface area (Å²) in [4.78, 5) is 35.4. The smallest absolute Gasteiger partial charge is 0.251 e. The number of thioether (sulfide) groups is 1. The maximum atomic E-state index is 12.1. The summed E-state index contributed by atoms with van der Waals surface area (Å²) < 4.78 is 10.2. The van der Waals surface area contributed by atoms with Crippen molar-refractivity contribution >= 4 is 28.7 Å². The van der Waals surface area contributed by atoms with E-state index in [1.807, 2.05) is 0 Å². The summed E-state index contributed by atoms with van der Waals surface area (Å²) in [5.74, 6) is 1.17. The van der Waals surface area contributed by atoms with Crippen LogP contribution >= 0.6 is 11.8 Å². The lowest BCUT2D eigenvalue weighted by atomic mass is 10.2. The van der Waals surface area contributed by atoms with Gasteiger partial charge in [-0.25, -0.2) is 0 Å². The number of rotatable bonds is 7. The average molecular weight is 352 g/mol. The van der Waals surface area contributed by atoms with Crippen molar-refractivity contribution in [1.29, 1.82) is 0 Å². The molecule has 1 atom stereocenters. The summed E-state index contributed by atoms with van der Waals surface area (Å²) >= 11 is 1.23. The summed E-state index contributed by atoms with van der Waals surface area (Å²) in [5.41, 5.74) is 0.383. The number of carbonyl (C=O) groups excluding carboxylic acids is 3. The maximum absolute atomic E-state index is 12.1. The first-order chi connectivity index (χ1) is 11.5. The Morgan fingerprint density at radius 1 is 1.21 bits per heavy atom. The summed E-state index contributed by atoms with van der Waals surface area (Å²) in [7, 11) is 3.01. The van der Waals surface area contributed by atoms with Crippen LogP contribution < -0.4 is 20.1 Å². The molecule has 2 rings (SSSR count). The van der Waals surface area contributed by atoms with Gasteiger partial charge in [0.15, 0.2) is 0 Å². The zero-order chi connectivity index (χ0) is 17.5. The normalized spacial score (nSPS) is 16.6. The molecule has 1 aromatic rings. The second-order valence-corrected chi connectivity index (χ2v) is 6.28. The molecule has 0 aromatic heterocycles. The first-order valence-corrected chi connectivity index (χ1v) is 8.49. The fourth-order valence-corrected chi connectivity index (χ4v) is 3.16. The van der Waals surface area contributed by atoms with Crippen LogP contribution in [0.15, 0.2) is 18.2 Å². The van der Waals surface area contributed by atoms with Crippen LogP contribution in [-0.2, 0) is 9.59 Å². The van der Waals surface area contributed by atoms with Crippen LogP contribution in [0.2, 0.25) is 0 Å². The molecule has 7 nitrogen and oxygen atoms in total. The van der Waals surface area contributed by atoms with E-state index in [4.69, 9.17) is 9.47 Å². The van der Waals surface area contributed by atoms with E-state index in [2.05, 4.69) is 10.6 Å². The predicted octanol–water partition coefficient (Wildman–Crippen LogP) is 0.972. The minimum atomic E-state index is -0.402. The molecule has 1 fully saturated rings. The Bertz CT molecular complexity index is 613. The molecule has 0 spiro atoms. The Balaban J connectivity index is 1.82. The number of nitrogens with one attached hydrogen (secondary N) is 2. The number of methoxy groups -OCH3 is 2. The Morgan fingerprint density at radius 2 is 1.88 bits per heavy atom. The topological polar surface area (TPSA) is 93.7 Å². The Kier molecular flexibility index (Phi) is 6.48. The van der Waals surface area contributed by atoms with Crippen LogP contribution in [0.5, 0.6) is 11.5 Å². The third-order valence-electron chi connectivity index (χ3n) is 3.52. The summed E-state index contributed by atoms with van der Waals surface area (Å²) in [5, 5.41) is 5.34. The van der Waals surface area contributed by atoms with Gasteiger partial charge in [0.2, 0.25) is 11.0 Å². The average Bonchev–Trinajstić information content (AvgIpc) is 2.98. The third-order valence-corrected chi connectivity index (χ3v) is 4.53. The van der Waals surface area contributed by atoms with Crippen molar-refractivity contribution in [3.05, 3.63) is 23.8 Å². The number of ether oxygens (including phenoxy) is 2. The van der Waals surface area contributed by atoms with E-state index in [0.717, 1.165) is 5.75 Å². The summed E-state index contributed by atoms with van der Waals surface area (Å²) in [6, 6.07) is 4.44. The maximum Gasteiger partial charge on any atom is 0.251 e. The number of amides is 2. The number of carbonyl (C=O) groups is 3. The SMILES string of the molecule is COc1cc(OC)cc(C(=O)NCCC(=O)NC2CCSC2=O)c1. The molecule has 1 aromatic carbocycles. The number of hydrogen-bond acceptors (Lipinski definition) is 6. The van der Waals surface area contributed by atoms with Gasteiger partial charge in [-0.1, -0.05) is 11.8 Å². The molecule has 1 heterocycles. The molecule has 0 bridgehead atoms. The van der Waals surface area contributed by atoms with Gasteiger partial charge in [-0.2, -0.15) is 0 Å².